The average molecular weight is 404 g/mol. The second kappa shape index (κ2) is 6.74. The topological polar surface area (TPSA) is 121 Å². The van der Waals surface area contributed by atoms with Gasteiger partial charge < -0.3 is 19.5 Å². The number of hydrogen-bond acceptors (Lipinski definition) is 7. The quantitative estimate of drug-likeness (QED) is 0.538. The first-order valence-corrected chi connectivity index (χ1v) is 9.66. The van der Waals surface area contributed by atoms with E-state index in [0.29, 0.717) is 18.7 Å². The van der Waals surface area contributed by atoms with E-state index in [0.717, 1.165) is 22.2 Å². The molecule has 0 spiro atoms. The highest BCUT2D eigenvalue weighted by atomic mass is 16.5. The van der Waals surface area contributed by atoms with Gasteiger partial charge in [0.2, 0.25) is 5.82 Å². The summed E-state index contributed by atoms with van der Waals surface area (Å²) in [7, 11) is 0. The fourth-order valence-electron chi connectivity index (χ4n) is 3.73. The van der Waals surface area contributed by atoms with E-state index in [2.05, 4.69) is 25.1 Å². The van der Waals surface area contributed by atoms with E-state index < -0.39 is 17.6 Å². The third kappa shape index (κ3) is 3.03. The lowest BCUT2D eigenvalue weighted by atomic mass is 9.98. The van der Waals surface area contributed by atoms with Gasteiger partial charge in [-0.05, 0) is 25.3 Å². The van der Waals surface area contributed by atoms with Crippen LogP contribution in [0, 0.1) is 0 Å². The predicted octanol–water partition coefficient (Wildman–Crippen LogP) is 2.36. The molecule has 0 saturated carbocycles. The van der Waals surface area contributed by atoms with Gasteiger partial charge in [-0.3, -0.25) is 9.78 Å². The van der Waals surface area contributed by atoms with Crippen LogP contribution in [0.25, 0.3) is 10.8 Å². The number of fused-ring (bicyclic) bond motifs is 2. The van der Waals surface area contributed by atoms with Crippen LogP contribution in [0.3, 0.4) is 0 Å². The number of nitrogens with one attached hydrogen (secondary N) is 1. The van der Waals surface area contributed by atoms with Gasteiger partial charge >= 0.3 is 11.8 Å². The van der Waals surface area contributed by atoms with Crippen molar-refractivity contribution in [2.75, 3.05) is 6.54 Å². The minimum Gasteiger partial charge on any atom is -0.382 e. The number of amides is 1. The van der Waals surface area contributed by atoms with Crippen LogP contribution in [-0.2, 0) is 12.0 Å². The first kappa shape index (κ1) is 18.4. The molecule has 1 amide bonds. The van der Waals surface area contributed by atoms with E-state index in [1.165, 1.54) is 13.8 Å². The van der Waals surface area contributed by atoms with Crippen molar-refractivity contribution in [3.05, 3.63) is 71.7 Å². The molecule has 4 aromatic rings. The number of aromatic amines is 1. The molecule has 152 valence electrons. The van der Waals surface area contributed by atoms with Crippen molar-refractivity contribution in [3.8, 4) is 0 Å². The monoisotopic (exact) mass is 404 g/mol. The van der Waals surface area contributed by atoms with Gasteiger partial charge in [-0.2, -0.15) is 4.98 Å². The lowest BCUT2D eigenvalue weighted by Gasteiger charge is -2.33. The van der Waals surface area contributed by atoms with Gasteiger partial charge in [-0.25, -0.2) is 4.98 Å². The molecular weight excluding hydrogens is 384 g/mol. The Morgan fingerprint density at radius 2 is 2.07 bits per heavy atom. The van der Waals surface area contributed by atoms with E-state index in [-0.39, 0.29) is 11.7 Å². The highest BCUT2D eigenvalue weighted by Crippen LogP contribution is 2.34. The zero-order valence-corrected chi connectivity index (χ0v) is 16.5. The van der Waals surface area contributed by atoms with Crippen LogP contribution in [0.2, 0.25) is 0 Å². The van der Waals surface area contributed by atoms with Gasteiger partial charge in [-0.15, -0.1) is 0 Å². The minimum absolute atomic E-state index is 0.0590. The number of rotatable bonds is 3. The van der Waals surface area contributed by atoms with E-state index in [4.69, 9.17) is 4.52 Å². The molecule has 0 saturated heterocycles. The molecule has 1 aromatic carbocycles. The Hall–Kier alpha value is -3.59. The molecule has 1 aliphatic rings. The molecular formula is C21H20N6O3. The highest BCUT2D eigenvalue weighted by molar-refractivity contribution is 5.90. The Labute approximate surface area is 171 Å². The second-order valence-corrected chi connectivity index (χ2v) is 7.86. The van der Waals surface area contributed by atoms with Crippen molar-refractivity contribution in [1.29, 1.82) is 0 Å². The van der Waals surface area contributed by atoms with Crippen LogP contribution in [0.4, 0.5) is 0 Å². The maximum absolute atomic E-state index is 13.3. The fourth-order valence-corrected chi connectivity index (χ4v) is 3.73. The first-order valence-electron chi connectivity index (χ1n) is 9.66. The zero-order chi connectivity index (χ0) is 20.9. The number of benzene rings is 1. The van der Waals surface area contributed by atoms with E-state index in [1.807, 2.05) is 30.3 Å². The average Bonchev–Trinajstić information content (AvgIpc) is 3.41. The molecule has 0 radical (unpaired) electrons. The van der Waals surface area contributed by atoms with E-state index >= 15 is 0 Å². The number of carbonyl (C=O) groups is 1. The summed E-state index contributed by atoms with van der Waals surface area (Å²) in [6.07, 6.45) is 4.05. The van der Waals surface area contributed by atoms with Crippen LogP contribution >= 0.6 is 0 Å². The zero-order valence-electron chi connectivity index (χ0n) is 16.5. The summed E-state index contributed by atoms with van der Waals surface area (Å²) in [6, 6.07) is 9.41. The third-order valence-corrected chi connectivity index (χ3v) is 5.27. The molecule has 0 fully saturated rings. The molecule has 0 aliphatic carbocycles. The van der Waals surface area contributed by atoms with Crippen LogP contribution in [-0.4, -0.2) is 47.6 Å². The normalized spacial score (nSPS) is 16.6. The van der Waals surface area contributed by atoms with Crippen LogP contribution in [0.15, 0.2) is 47.4 Å². The lowest BCUT2D eigenvalue weighted by molar-refractivity contribution is 0.0629. The third-order valence-electron chi connectivity index (χ3n) is 5.27. The lowest BCUT2D eigenvalue weighted by Crippen LogP contribution is -2.41. The smallest absolute Gasteiger partial charge is 0.316 e. The Bertz CT molecular complexity index is 1240. The summed E-state index contributed by atoms with van der Waals surface area (Å²) < 4.78 is 5.17. The second-order valence-electron chi connectivity index (χ2n) is 7.86. The van der Waals surface area contributed by atoms with Gasteiger partial charge in [0.1, 0.15) is 11.6 Å². The summed E-state index contributed by atoms with van der Waals surface area (Å²) in [4.78, 5) is 31.3. The molecule has 9 nitrogen and oxygen atoms in total. The fraction of sp³-hybridized carbons (Fsp3) is 0.286. The summed E-state index contributed by atoms with van der Waals surface area (Å²) in [5.74, 6) is -0.535. The Kier molecular flexibility index (Phi) is 4.14. The Morgan fingerprint density at radius 3 is 2.83 bits per heavy atom. The SMILES string of the molecule is CC(C)(O)c1noc(C(=O)N2CCc3[nH]cnc3[C@H]2c2cc3ccccc3cn2)n1. The summed E-state index contributed by atoms with van der Waals surface area (Å²) in [5, 5.41) is 15.9. The molecule has 2 N–H and O–H groups in total. The van der Waals surface area contributed by atoms with E-state index in [1.54, 1.807) is 17.4 Å². The number of hydrogen-bond donors (Lipinski definition) is 2. The summed E-state index contributed by atoms with van der Waals surface area (Å²) in [5.41, 5.74) is 1.12. The Balaban J connectivity index is 1.58. The van der Waals surface area contributed by atoms with Crippen molar-refractivity contribution in [3.63, 3.8) is 0 Å². The molecule has 1 atom stereocenters. The number of pyridine rings is 1. The number of carbonyl (C=O) groups excluding carboxylic acids is 1. The molecule has 30 heavy (non-hydrogen) atoms. The minimum atomic E-state index is -1.31. The van der Waals surface area contributed by atoms with Gasteiger partial charge in [0.05, 0.1) is 17.7 Å². The van der Waals surface area contributed by atoms with Crippen molar-refractivity contribution >= 4 is 16.7 Å². The van der Waals surface area contributed by atoms with Crippen LogP contribution < -0.4 is 0 Å². The van der Waals surface area contributed by atoms with Crippen molar-refractivity contribution in [2.24, 2.45) is 0 Å². The highest BCUT2D eigenvalue weighted by Gasteiger charge is 2.38. The van der Waals surface area contributed by atoms with Crippen molar-refractivity contribution in [1.82, 2.24) is 30.0 Å². The van der Waals surface area contributed by atoms with Crippen LogP contribution in [0.5, 0.6) is 0 Å². The molecule has 9 heteroatoms. The van der Waals surface area contributed by atoms with E-state index in [9.17, 15) is 9.90 Å². The van der Waals surface area contributed by atoms with Gasteiger partial charge in [0, 0.05) is 30.2 Å². The van der Waals surface area contributed by atoms with Crippen LogP contribution in [0.1, 0.15) is 53.5 Å². The van der Waals surface area contributed by atoms with Gasteiger partial charge in [-0.1, -0.05) is 29.4 Å². The first-order chi connectivity index (χ1) is 14.4. The number of aliphatic hydroxyl groups is 1. The standard InChI is InChI=1S/C21H20N6O3/c1-21(2,29)20-25-18(30-26-20)19(28)27-8-7-14-16(24-11-23-14)17(27)15-9-12-5-3-4-6-13(12)10-22-15/h3-6,9-11,17,29H,7-8H2,1-2H3,(H,23,24)/t17-/m1/s1. The largest absolute Gasteiger partial charge is 0.382 e. The number of H-pyrrole nitrogens is 1. The van der Waals surface area contributed by atoms with Gasteiger partial charge in [0.25, 0.3) is 0 Å². The molecule has 4 heterocycles. The number of aromatic nitrogens is 5. The van der Waals surface area contributed by atoms with Crippen molar-refractivity contribution in [2.45, 2.75) is 31.9 Å². The number of nitrogens with zero attached hydrogens (tertiary/aromatic N) is 5. The molecule has 3 aromatic heterocycles. The molecule has 5 rings (SSSR count). The Morgan fingerprint density at radius 1 is 1.27 bits per heavy atom. The molecule has 0 unspecified atom stereocenters. The summed E-state index contributed by atoms with van der Waals surface area (Å²) in [6.45, 7) is 3.50. The van der Waals surface area contributed by atoms with Gasteiger partial charge in [0.15, 0.2) is 0 Å². The maximum atomic E-state index is 13.3. The summed E-state index contributed by atoms with van der Waals surface area (Å²) >= 11 is 0. The number of imidazole rings is 1. The maximum Gasteiger partial charge on any atom is 0.316 e. The molecule has 0 bridgehead atoms. The predicted molar refractivity (Wildman–Crippen MR) is 106 cm³/mol. The van der Waals surface area contributed by atoms with Crippen molar-refractivity contribution < 1.29 is 14.4 Å². The molecule has 1 aliphatic heterocycles.